The minimum absolute atomic E-state index is 0.00556. The van der Waals surface area contributed by atoms with Crippen molar-refractivity contribution in [2.24, 2.45) is 23.0 Å². The van der Waals surface area contributed by atoms with E-state index in [1.165, 1.54) is 38.9 Å². The number of carboxylic acids is 3. The largest absolute Gasteiger partial charge is 0.481 e. The van der Waals surface area contributed by atoms with Gasteiger partial charge in [0, 0.05) is 81.1 Å². The Morgan fingerprint density at radius 1 is 0.602 bits per heavy atom. The lowest BCUT2D eigenvalue weighted by Crippen LogP contribution is -2.52. The van der Waals surface area contributed by atoms with Crippen LogP contribution in [0.2, 0.25) is 0 Å². The van der Waals surface area contributed by atoms with Crippen molar-refractivity contribution in [3.05, 3.63) is 18.2 Å². The van der Waals surface area contributed by atoms with Gasteiger partial charge < -0.3 is 62.8 Å². The molecule has 0 bridgehead atoms. The number of carboxylic acid groups (broad SMARTS) is 3. The molecule has 1 aromatic heterocycles. The van der Waals surface area contributed by atoms with E-state index >= 15 is 0 Å². The summed E-state index contributed by atoms with van der Waals surface area (Å²) in [4.78, 5) is 156. The lowest BCUT2D eigenvalue weighted by Gasteiger charge is -2.25. The number of hydrogen-bond acceptors (Lipinski definition) is 16. The molecule has 0 aliphatic carbocycles. The van der Waals surface area contributed by atoms with Gasteiger partial charge in [-0.15, -0.1) is 0 Å². The second-order valence-electron chi connectivity index (χ2n) is 22.3. The fourth-order valence-corrected chi connectivity index (χ4v) is 9.36. The molecule has 25 nitrogen and oxygen atoms in total. The summed E-state index contributed by atoms with van der Waals surface area (Å²) in [5.41, 5.74) is 5.15. The van der Waals surface area contributed by atoms with Crippen LogP contribution in [0.4, 0.5) is 0 Å². The molecule has 1 heterocycles. The van der Waals surface area contributed by atoms with Gasteiger partial charge in [0.1, 0.15) is 35.5 Å². The van der Waals surface area contributed by atoms with Gasteiger partial charge in [0.2, 0.25) is 29.5 Å². The van der Waals surface area contributed by atoms with Gasteiger partial charge in [-0.05, 0) is 58.3 Å². The number of aliphatic carboxylic acids is 3. The first-order valence-corrected chi connectivity index (χ1v) is 29.6. The first kappa shape index (κ1) is 74.5. The number of carbonyl (C=O) groups excluding carboxylic acids is 9. The molecule has 25 heteroatoms. The minimum Gasteiger partial charge on any atom is -0.481 e. The fourth-order valence-electron chi connectivity index (χ4n) is 9.36. The predicted molar refractivity (Wildman–Crippen MR) is 305 cm³/mol. The van der Waals surface area contributed by atoms with E-state index in [4.69, 9.17) is 10.8 Å². The maximum Gasteiger partial charge on any atom is 0.326 e. The molecule has 0 aliphatic rings. The molecule has 0 unspecified atom stereocenters. The molecule has 0 radical (unpaired) electrons. The van der Waals surface area contributed by atoms with Crippen LogP contribution in [0.25, 0.3) is 0 Å². The molecule has 0 spiro atoms. The van der Waals surface area contributed by atoms with Gasteiger partial charge in [-0.1, -0.05) is 97.3 Å². The van der Waals surface area contributed by atoms with Crippen molar-refractivity contribution in [2.45, 2.75) is 231 Å². The van der Waals surface area contributed by atoms with E-state index in [1.54, 1.807) is 20.0 Å². The monoisotopic (exact) mass is 1180 g/mol. The molecule has 5 amide bonds. The van der Waals surface area contributed by atoms with Crippen molar-refractivity contribution in [3.63, 3.8) is 0 Å². The number of unbranched alkanes of at least 4 members (excludes halogenated alkanes) is 14. The van der Waals surface area contributed by atoms with Crippen molar-refractivity contribution in [2.75, 3.05) is 26.2 Å². The van der Waals surface area contributed by atoms with Crippen LogP contribution < -0.4 is 32.3 Å². The van der Waals surface area contributed by atoms with Crippen LogP contribution in [0.3, 0.4) is 0 Å². The number of aromatic amines is 1. The molecule has 0 aliphatic heterocycles. The number of ketones is 4. The molecule has 0 saturated heterocycles. The van der Waals surface area contributed by atoms with Gasteiger partial charge >= 0.3 is 17.9 Å². The average Bonchev–Trinajstić information content (AvgIpc) is 3.96. The Hall–Kier alpha value is -6.47. The number of aliphatic hydroxyl groups is 2. The molecule has 1 rings (SSSR count). The van der Waals surface area contributed by atoms with Gasteiger partial charge in [-0.2, -0.15) is 0 Å². The lowest BCUT2D eigenvalue weighted by atomic mass is 9.79. The Morgan fingerprint density at radius 3 is 1.67 bits per heavy atom. The van der Waals surface area contributed by atoms with Crippen LogP contribution in [-0.2, 0) is 64.0 Å². The van der Waals surface area contributed by atoms with Crippen molar-refractivity contribution >= 4 is 70.6 Å². The number of nitrogens with one attached hydrogen (secondary N) is 6. The highest BCUT2D eigenvalue weighted by molar-refractivity contribution is 5.93. The van der Waals surface area contributed by atoms with E-state index in [0.29, 0.717) is 25.7 Å². The quantitative estimate of drug-likeness (QED) is 0.0414. The van der Waals surface area contributed by atoms with Crippen molar-refractivity contribution in [1.29, 1.82) is 0 Å². The van der Waals surface area contributed by atoms with Crippen LogP contribution >= 0.6 is 0 Å². The number of hydrogen-bond donors (Lipinski definition) is 12. The summed E-state index contributed by atoms with van der Waals surface area (Å²) in [5.74, 6) is -10.4. The number of Topliss-reactive ketones (excluding diaryl/α,β-unsaturated/α-hetero) is 4. The topological polar surface area (TPSA) is 421 Å². The summed E-state index contributed by atoms with van der Waals surface area (Å²) >= 11 is 0. The molecular formula is C58H96N8O17. The highest BCUT2D eigenvalue weighted by Gasteiger charge is 2.33. The Morgan fingerprint density at radius 2 is 1.16 bits per heavy atom. The Bertz CT molecular complexity index is 2190. The van der Waals surface area contributed by atoms with Crippen LogP contribution in [0.15, 0.2) is 12.5 Å². The van der Waals surface area contributed by atoms with Gasteiger partial charge in [0.25, 0.3) is 0 Å². The van der Waals surface area contributed by atoms with E-state index in [2.05, 4.69) is 36.6 Å². The Labute approximate surface area is 487 Å². The highest BCUT2D eigenvalue weighted by atomic mass is 16.4. The van der Waals surface area contributed by atoms with Crippen LogP contribution in [0.1, 0.15) is 206 Å². The number of nitrogens with two attached hydrogens (primary N) is 1. The first-order valence-electron chi connectivity index (χ1n) is 29.6. The minimum atomic E-state index is -1.56. The number of rotatable bonds is 53. The van der Waals surface area contributed by atoms with Crippen LogP contribution in [0, 0.1) is 17.3 Å². The molecule has 0 fully saturated rings. The number of aryl methyl sites for hydroxylation is 1. The third-order valence-corrected chi connectivity index (χ3v) is 14.5. The Balaban J connectivity index is 2.46. The van der Waals surface area contributed by atoms with Crippen LogP contribution in [0.5, 0.6) is 0 Å². The number of aromatic nitrogens is 2. The van der Waals surface area contributed by atoms with Gasteiger partial charge in [-0.25, -0.2) is 9.78 Å². The summed E-state index contributed by atoms with van der Waals surface area (Å²) in [6.07, 6.45) is 16.5. The third kappa shape index (κ3) is 36.0. The zero-order chi connectivity index (χ0) is 62.2. The van der Waals surface area contributed by atoms with Crippen molar-refractivity contribution < 1.29 is 83.1 Å². The second-order valence-corrected chi connectivity index (χ2v) is 22.3. The first-order chi connectivity index (χ1) is 39.4. The molecular weight excluding hydrogens is 1080 g/mol. The smallest absolute Gasteiger partial charge is 0.326 e. The zero-order valence-corrected chi connectivity index (χ0v) is 49.1. The number of primary amides is 1. The SMILES string of the molecule is C[C@@H](O)[C@H](NC(=O)[C@H](CCCCNC(=O)CNCC(=O)[C@H](CO)NC(=O)CC[C@H](NC(=O)CC[C@H](CC(=O)CCCCCCCCCCCCCCCCC(=O)O)C(=O)O)C(=O)O)CCC(=O)C(C)(C)CC(=O)CCc1cnc[nH]1)C(N)=O. The molecule has 13 N–H and O–H groups in total. The van der Waals surface area contributed by atoms with E-state index in [0.717, 1.165) is 63.5 Å². The fraction of sp³-hybridized carbons (Fsp3) is 0.741. The summed E-state index contributed by atoms with van der Waals surface area (Å²) in [6, 6.07) is -4.35. The summed E-state index contributed by atoms with van der Waals surface area (Å²) in [6.45, 7) is 3.15. The van der Waals surface area contributed by atoms with Crippen molar-refractivity contribution in [3.8, 4) is 0 Å². The van der Waals surface area contributed by atoms with E-state index < -0.39 is 121 Å². The maximum atomic E-state index is 13.3. The molecule has 0 aromatic carbocycles. The van der Waals surface area contributed by atoms with Crippen molar-refractivity contribution in [1.82, 2.24) is 36.6 Å². The number of amides is 5. The Kier molecular flexibility index (Phi) is 38.8. The molecule has 83 heavy (non-hydrogen) atoms. The van der Waals surface area contributed by atoms with Gasteiger partial charge in [0.05, 0.1) is 38.0 Å². The highest BCUT2D eigenvalue weighted by Crippen LogP contribution is 2.28. The van der Waals surface area contributed by atoms with Gasteiger partial charge in [0.15, 0.2) is 5.78 Å². The van der Waals surface area contributed by atoms with E-state index in [1.807, 2.05) is 0 Å². The second kappa shape index (κ2) is 43.2. The summed E-state index contributed by atoms with van der Waals surface area (Å²) < 4.78 is 0. The zero-order valence-electron chi connectivity index (χ0n) is 49.1. The number of imidazole rings is 1. The van der Waals surface area contributed by atoms with Crippen LogP contribution in [-0.4, -0.2) is 157 Å². The molecule has 0 saturated carbocycles. The summed E-state index contributed by atoms with van der Waals surface area (Å²) in [5, 5.41) is 60.3. The normalized spacial score (nSPS) is 13.6. The predicted octanol–water partition coefficient (Wildman–Crippen LogP) is 3.68. The number of H-pyrrole nitrogens is 1. The maximum absolute atomic E-state index is 13.3. The number of aliphatic hydroxyl groups excluding tert-OH is 2. The third-order valence-electron chi connectivity index (χ3n) is 14.5. The summed E-state index contributed by atoms with van der Waals surface area (Å²) in [7, 11) is 0. The number of carbonyl (C=O) groups is 12. The average molecular weight is 1180 g/mol. The number of nitrogens with zero attached hydrogens (tertiary/aromatic N) is 1. The molecule has 470 valence electrons. The molecule has 6 atom stereocenters. The standard InChI is InChI=1S/C58H96N8O17/c1-39(68)53(54(59)78)66-55(79)40(23-28-48(72)58(2,3)33-44(70)26-25-42-34-61-38-63-42)20-18-19-31-62-51(75)36-60-35-47(71)46(37-67)65-50(74)30-27-45(57(82)83)64-49(73)29-24-41(56(80)81)32-43(69)21-16-14-12-10-8-6-4-5-7-9-11-13-15-17-22-52(76)77/h34,38-41,45-46,53,60,67-68H,4-33,35-37H2,1-3H3,(H2,59,78)(H,61,63)(H,62,75)(H,64,73)(H,65,74)(H,66,79)(H,76,77)(H,80,81)(H,82,83)/t39-,40-,41-,45+,46+,53+/m1/s1. The van der Waals surface area contributed by atoms with Gasteiger partial charge in [-0.3, -0.25) is 52.7 Å². The lowest BCUT2D eigenvalue weighted by molar-refractivity contribution is -0.145. The molecule has 1 aromatic rings. The van der Waals surface area contributed by atoms with E-state index in [-0.39, 0.29) is 94.6 Å². The van der Waals surface area contributed by atoms with E-state index in [9.17, 15) is 78.0 Å².